The van der Waals surface area contributed by atoms with Crippen LogP contribution in [0, 0.1) is 5.82 Å². The summed E-state index contributed by atoms with van der Waals surface area (Å²) in [5.41, 5.74) is 4.68. The fourth-order valence-corrected chi connectivity index (χ4v) is 3.81. The van der Waals surface area contributed by atoms with Gasteiger partial charge in [0.25, 0.3) is 0 Å². The summed E-state index contributed by atoms with van der Waals surface area (Å²) in [6, 6.07) is 11.0. The normalized spacial score (nSPS) is 12.5. The number of hydrogen-bond acceptors (Lipinski definition) is 3. The summed E-state index contributed by atoms with van der Waals surface area (Å²) < 4.78 is 20.4. The maximum Gasteiger partial charge on any atom is 0.131 e. The average molecular weight is 447 g/mol. The number of rotatable bonds is 13. The van der Waals surface area contributed by atoms with Crippen molar-refractivity contribution in [3.8, 4) is 11.1 Å². The summed E-state index contributed by atoms with van der Waals surface area (Å²) in [7, 11) is 0. The first-order chi connectivity index (χ1) is 16.1. The fourth-order valence-electron chi connectivity index (χ4n) is 3.81. The maximum absolute atomic E-state index is 14.6. The second-order valence-electron chi connectivity index (χ2n) is 8.53. The van der Waals surface area contributed by atoms with Crippen LogP contribution in [0.5, 0.6) is 0 Å². The van der Waals surface area contributed by atoms with Crippen molar-refractivity contribution in [2.24, 2.45) is 0 Å². The Morgan fingerprint density at radius 3 is 2.76 bits per heavy atom. The number of benzene rings is 2. The van der Waals surface area contributed by atoms with Crippen molar-refractivity contribution < 1.29 is 9.13 Å². The van der Waals surface area contributed by atoms with Gasteiger partial charge in [0.2, 0.25) is 0 Å². The number of halogens is 1. The van der Waals surface area contributed by atoms with E-state index in [2.05, 4.69) is 36.5 Å². The highest BCUT2D eigenvalue weighted by atomic mass is 19.1. The minimum Gasteiger partial charge on any atom is -0.379 e. The molecule has 1 heterocycles. The molecule has 0 saturated carbocycles. The van der Waals surface area contributed by atoms with Gasteiger partial charge in [0.05, 0.1) is 29.0 Å². The Labute approximate surface area is 197 Å². The molecule has 2 aromatic carbocycles. The van der Waals surface area contributed by atoms with Crippen LogP contribution in [0.4, 0.5) is 4.39 Å². The second-order valence-corrected chi connectivity index (χ2v) is 8.53. The fraction of sp³-hybridized carbons (Fsp3) is 0.379. The van der Waals surface area contributed by atoms with Crippen molar-refractivity contribution in [3.05, 3.63) is 78.4 Å². The van der Waals surface area contributed by atoms with E-state index in [1.54, 1.807) is 18.3 Å². The molecule has 4 heteroatoms. The van der Waals surface area contributed by atoms with E-state index in [0.29, 0.717) is 18.1 Å². The molecule has 1 aromatic heterocycles. The van der Waals surface area contributed by atoms with Crippen molar-refractivity contribution in [2.45, 2.75) is 64.9 Å². The van der Waals surface area contributed by atoms with Crippen LogP contribution in [0.15, 0.2) is 61.3 Å². The van der Waals surface area contributed by atoms with Crippen molar-refractivity contribution in [1.82, 2.24) is 9.97 Å². The molecule has 0 aliphatic carbocycles. The molecular weight excluding hydrogens is 411 g/mol. The number of ether oxygens (including phenoxy) is 1. The van der Waals surface area contributed by atoms with E-state index in [4.69, 9.17) is 4.74 Å². The van der Waals surface area contributed by atoms with E-state index in [-0.39, 0.29) is 5.82 Å². The third-order valence-electron chi connectivity index (χ3n) is 5.71. The third-order valence-corrected chi connectivity index (χ3v) is 5.71. The largest absolute Gasteiger partial charge is 0.379 e. The van der Waals surface area contributed by atoms with Crippen LogP contribution in [-0.2, 0) is 11.2 Å². The number of nitrogens with zero attached hydrogens (tertiary/aromatic N) is 2. The molecule has 3 rings (SSSR count). The molecule has 1 atom stereocenters. The Balaban J connectivity index is 1.56. The van der Waals surface area contributed by atoms with Crippen LogP contribution in [0.25, 0.3) is 28.2 Å². The first-order valence-electron chi connectivity index (χ1n) is 12.1. The smallest absolute Gasteiger partial charge is 0.131 e. The highest BCUT2D eigenvalue weighted by Crippen LogP contribution is 2.26. The van der Waals surface area contributed by atoms with Crippen LogP contribution < -0.4 is 0 Å². The summed E-state index contributed by atoms with van der Waals surface area (Å²) in [5.74, 6) is -0.234. The Bertz CT molecular complexity index is 1080. The summed E-state index contributed by atoms with van der Waals surface area (Å²) in [6.07, 6.45) is 15.4. The van der Waals surface area contributed by atoms with Gasteiger partial charge in [-0.3, -0.25) is 4.98 Å². The topological polar surface area (TPSA) is 35.0 Å². The predicted molar refractivity (Wildman–Crippen MR) is 137 cm³/mol. The van der Waals surface area contributed by atoms with E-state index >= 15 is 0 Å². The summed E-state index contributed by atoms with van der Waals surface area (Å²) >= 11 is 0. The number of hydrogen-bond donors (Lipinski definition) is 0. The lowest BCUT2D eigenvalue weighted by molar-refractivity contribution is 0.0566. The highest BCUT2D eigenvalue weighted by Gasteiger charge is 2.08. The standard InChI is InChI=1S/C29H35FN2O/c1-4-6-10-18-33-22(3)12-8-7-9-13-25-21-31-29-20-24(15-17-28(29)32-25)26-16-14-23(11-5-2)19-27(26)30/h5,9,13-17,19-22H,2,4,6-8,10-12,18H2,1,3H3/b13-9+. The molecule has 0 radical (unpaired) electrons. The quantitative estimate of drug-likeness (QED) is 0.197. The molecule has 0 spiro atoms. The lowest BCUT2D eigenvalue weighted by Gasteiger charge is -2.11. The van der Waals surface area contributed by atoms with Crippen LogP contribution in [0.3, 0.4) is 0 Å². The van der Waals surface area contributed by atoms with E-state index < -0.39 is 0 Å². The second kappa shape index (κ2) is 13.0. The molecule has 174 valence electrons. The number of aromatic nitrogens is 2. The van der Waals surface area contributed by atoms with Crippen LogP contribution in [0.1, 0.15) is 63.6 Å². The monoisotopic (exact) mass is 446 g/mol. The van der Waals surface area contributed by atoms with Gasteiger partial charge in [-0.25, -0.2) is 9.37 Å². The molecule has 0 fully saturated rings. The first-order valence-corrected chi connectivity index (χ1v) is 12.1. The van der Waals surface area contributed by atoms with Crippen molar-refractivity contribution in [2.75, 3.05) is 6.61 Å². The zero-order valence-corrected chi connectivity index (χ0v) is 19.9. The highest BCUT2D eigenvalue weighted by molar-refractivity contribution is 5.82. The van der Waals surface area contributed by atoms with E-state index in [0.717, 1.165) is 60.1 Å². The van der Waals surface area contributed by atoms with Gasteiger partial charge in [-0.1, -0.05) is 50.1 Å². The van der Waals surface area contributed by atoms with E-state index in [9.17, 15) is 4.39 Å². The van der Waals surface area contributed by atoms with Gasteiger partial charge in [0, 0.05) is 12.2 Å². The average Bonchev–Trinajstić information content (AvgIpc) is 2.81. The van der Waals surface area contributed by atoms with Gasteiger partial charge in [-0.15, -0.1) is 6.58 Å². The van der Waals surface area contributed by atoms with Gasteiger partial charge in [0.15, 0.2) is 0 Å². The molecule has 0 aliphatic heterocycles. The van der Waals surface area contributed by atoms with Gasteiger partial charge >= 0.3 is 0 Å². The molecule has 0 N–H and O–H groups in total. The lowest BCUT2D eigenvalue weighted by Crippen LogP contribution is -2.08. The molecule has 0 bridgehead atoms. The van der Waals surface area contributed by atoms with E-state index in [1.165, 1.54) is 12.8 Å². The summed E-state index contributed by atoms with van der Waals surface area (Å²) in [6.45, 7) is 8.94. The summed E-state index contributed by atoms with van der Waals surface area (Å²) in [4.78, 5) is 9.23. The third kappa shape index (κ3) is 7.61. The molecule has 0 amide bonds. The minimum absolute atomic E-state index is 0.234. The van der Waals surface area contributed by atoms with Gasteiger partial charge in [-0.2, -0.15) is 0 Å². The summed E-state index contributed by atoms with van der Waals surface area (Å²) in [5, 5.41) is 0. The van der Waals surface area contributed by atoms with Gasteiger partial charge in [0.1, 0.15) is 5.82 Å². The molecule has 0 saturated heterocycles. The Hall–Kier alpha value is -2.85. The molecule has 3 nitrogen and oxygen atoms in total. The Morgan fingerprint density at radius 2 is 1.97 bits per heavy atom. The minimum atomic E-state index is -0.234. The zero-order chi connectivity index (χ0) is 23.5. The number of allylic oxidation sites excluding steroid dienone is 2. The molecule has 33 heavy (non-hydrogen) atoms. The number of unbranched alkanes of at least 4 members (excludes halogenated alkanes) is 3. The van der Waals surface area contributed by atoms with Crippen LogP contribution >= 0.6 is 0 Å². The van der Waals surface area contributed by atoms with E-state index in [1.807, 2.05) is 36.4 Å². The molecular formula is C29H35FN2O. The van der Waals surface area contributed by atoms with Crippen LogP contribution in [-0.4, -0.2) is 22.7 Å². The zero-order valence-electron chi connectivity index (χ0n) is 19.9. The van der Waals surface area contributed by atoms with Gasteiger partial charge < -0.3 is 4.74 Å². The number of fused-ring (bicyclic) bond motifs is 1. The van der Waals surface area contributed by atoms with Crippen molar-refractivity contribution >= 4 is 17.1 Å². The lowest BCUT2D eigenvalue weighted by atomic mass is 10.0. The SMILES string of the molecule is C=CCc1ccc(-c2ccc3nc(/C=C/CCCC(C)OCCCCC)cnc3c2)c(F)c1. The maximum atomic E-state index is 14.6. The van der Waals surface area contributed by atoms with Crippen LogP contribution in [0.2, 0.25) is 0 Å². The first kappa shape index (κ1) is 24.8. The van der Waals surface area contributed by atoms with Gasteiger partial charge in [-0.05, 0) is 74.4 Å². The predicted octanol–water partition coefficient (Wildman–Crippen LogP) is 7.94. The van der Waals surface area contributed by atoms with Crippen molar-refractivity contribution in [1.29, 1.82) is 0 Å². The molecule has 1 unspecified atom stereocenters. The van der Waals surface area contributed by atoms with Crippen molar-refractivity contribution in [3.63, 3.8) is 0 Å². The molecule has 3 aromatic rings. The Kier molecular flexibility index (Phi) is 9.77. The Morgan fingerprint density at radius 1 is 1.09 bits per heavy atom. The molecule has 0 aliphatic rings.